The molecule has 0 aromatic heterocycles. The summed E-state index contributed by atoms with van der Waals surface area (Å²) >= 11 is 17.4. The summed E-state index contributed by atoms with van der Waals surface area (Å²) in [4.78, 5) is 10.3. The number of rotatable bonds is 4. The Hall–Kier alpha value is -1.49. The molecule has 2 rings (SSSR count). The lowest BCUT2D eigenvalue weighted by molar-refractivity contribution is -0.385. The van der Waals surface area contributed by atoms with E-state index in [1.54, 1.807) is 18.2 Å². The maximum atomic E-state index is 10.8. The van der Waals surface area contributed by atoms with Gasteiger partial charge in [0.05, 0.1) is 20.8 Å². The van der Waals surface area contributed by atoms with Crippen molar-refractivity contribution in [2.45, 2.75) is 5.88 Å². The molecule has 0 bridgehead atoms. The third-order valence-corrected chi connectivity index (χ3v) is 3.55. The van der Waals surface area contributed by atoms with Crippen LogP contribution in [0.5, 0.6) is 11.5 Å². The van der Waals surface area contributed by atoms with Gasteiger partial charge in [-0.2, -0.15) is 0 Å². The molecule has 0 amide bonds. The van der Waals surface area contributed by atoms with Crippen molar-refractivity contribution in [1.29, 1.82) is 0 Å². The number of hydrogen-bond acceptors (Lipinski definition) is 3. The highest BCUT2D eigenvalue weighted by Gasteiger charge is 2.14. The van der Waals surface area contributed by atoms with Crippen molar-refractivity contribution in [3.05, 3.63) is 62.1 Å². The Labute approximate surface area is 130 Å². The third-order valence-electron chi connectivity index (χ3n) is 2.52. The Balaban J connectivity index is 2.29. The van der Waals surface area contributed by atoms with Crippen molar-refractivity contribution in [3.63, 3.8) is 0 Å². The zero-order chi connectivity index (χ0) is 14.7. The van der Waals surface area contributed by atoms with Crippen molar-refractivity contribution in [2.24, 2.45) is 0 Å². The zero-order valence-corrected chi connectivity index (χ0v) is 12.2. The lowest BCUT2D eigenvalue weighted by Crippen LogP contribution is -1.94. The molecule has 7 heteroatoms. The van der Waals surface area contributed by atoms with Gasteiger partial charge < -0.3 is 4.74 Å². The number of nitrogens with zero attached hydrogens (tertiary/aromatic N) is 1. The molecule has 0 fully saturated rings. The van der Waals surface area contributed by atoms with Gasteiger partial charge in [-0.1, -0.05) is 23.2 Å². The number of ether oxygens (including phenoxy) is 1. The van der Waals surface area contributed by atoms with E-state index in [1.165, 1.54) is 18.2 Å². The van der Waals surface area contributed by atoms with Crippen LogP contribution in [0.3, 0.4) is 0 Å². The van der Waals surface area contributed by atoms with Crippen LogP contribution in [0.4, 0.5) is 5.69 Å². The predicted octanol–water partition coefficient (Wildman–Crippen LogP) is 5.43. The van der Waals surface area contributed by atoms with Crippen LogP contribution in [0, 0.1) is 10.1 Å². The van der Waals surface area contributed by atoms with Gasteiger partial charge in [-0.25, -0.2) is 0 Å². The Morgan fingerprint density at radius 1 is 1.05 bits per heavy atom. The van der Waals surface area contributed by atoms with Gasteiger partial charge >= 0.3 is 0 Å². The van der Waals surface area contributed by atoms with Crippen LogP contribution in [0.15, 0.2) is 36.4 Å². The maximum absolute atomic E-state index is 10.8. The molecule has 4 nitrogen and oxygen atoms in total. The van der Waals surface area contributed by atoms with Crippen molar-refractivity contribution in [3.8, 4) is 11.5 Å². The summed E-state index contributed by atoms with van der Waals surface area (Å²) in [5.74, 6) is 0.938. The minimum absolute atomic E-state index is 0.0227. The Bertz CT molecular complexity index is 661. The van der Waals surface area contributed by atoms with Gasteiger partial charge in [0.25, 0.3) is 5.69 Å². The number of benzene rings is 2. The number of halogens is 3. The fourth-order valence-corrected chi connectivity index (χ4v) is 2.09. The number of nitro groups is 1. The normalized spacial score (nSPS) is 10.3. The monoisotopic (exact) mass is 331 g/mol. The van der Waals surface area contributed by atoms with Gasteiger partial charge in [0.1, 0.15) is 11.5 Å². The first-order valence-corrected chi connectivity index (χ1v) is 6.76. The standard InChI is InChI=1S/C13H8Cl3NO3/c14-7-8-5-9(2-4-13(8)17(18)19)20-10-1-3-11(15)12(16)6-10/h1-6H,7H2. The van der Waals surface area contributed by atoms with Crippen LogP contribution in [-0.2, 0) is 5.88 Å². The highest BCUT2D eigenvalue weighted by Crippen LogP contribution is 2.31. The van der Waals surface area contributed by atoms with Gasteiger partial charge in [0, 0.05) is 17.7 Å². The fraction of sp³-hybridized carbons (Fsp3) is 0.0769. The van der Waals surface area contributed by atoms with Gasteiger partial charge in [-0.05, 0) is 24.3 Å². The van der Waals surface area contributed by atoms with E-state index in [4.69, 9.17) is 39.5 Å². The summed E-state index contributed by atoms with van der Waals surface area (Å²) in [6.07, 6.45) is 0. The summed E-state index contributed by atoms with van der Waals surface area (Å²) in [5.41, 5.74) is 0.343. The quantitative estimate of drug-likeness (QED) is 0.426. The van der Waals surface area contributed by atoms with Crippen LogP contribution in [0.2, 0.25) is 10.0 Å². The SMILES string of the molecule is O=[N+]([O-])c1ccc(Oc2ccc(Cl)c(Cl)c2)cc1CCl. The molecule has 0 N–H and O–H groups in total. The van der Waals surface area contributed by atoms with Crippen molar-refractivity contribution in [1.82, 2.24) is 0 Å². The predicted molar refractivity (Wildman–Crippen MR) is 79.2 cm³/mol. The summed E-state index contributed by atoms with van der Waals surface area (Å²) in [7, 11) is 0. The molecule has 0 radical (unpaired) electrons. The first-order valence-electron chi connectivity index (χ1n) is 5.47. The lowest BCUT2D eigenvalue weighted by atomic mass is 10.2. The number of hydrogen-bond donors (Lipinski definition) is 0. The highest BCUT2D eigenvalue weighted by atomic mass is 35.5. The maximum Gasteiger partial charge on any atom is 0.274 e. The molecule has 104 valence electrons. The molecular weight excluding hydrogens is 325 g/mol. The summed E-state index contributed by atoms with van der Waals surface area (Å²) in [5, 5.41) is 11.6. The van der Waals surface area contributed by atoms with E-state index in [-0.39, 0.29) is 11.6 Å². The van der Waals surface area contributed by atoms with Crippen molar-refractivity contribution in [2.75, 3.05) is 0 Å². The van der Waals surface area contributed by atoms with Gasteiger partial charge in [-0.15, -0.1) is 11.6 Å². The minimum Gasteiger partial charge on any atom is -0.457 e. The third kappa shape index (κ3) is 3.33. The molecule has 2 aromatic carbocycles. The number of alkyl halides is 1. The summed E-state index contributed by atoms with van der Waals surface area (Å²) in [6.45, 7) is 0. The van der Waals surface area contributed by atoms with Crippen molar-refractivity contribution < 1.29 is 9.66 Å². The Morgan fingerprint density at radius 3 is 2.30 bits per heavy atom. The Kier molecular flexibility index (Phi) is 4.70. The fourth-order valence-electron chi connectivity index (χ4n) is 1.59. The summed E-state index contributed by atoms with van der Waals surface area (Å²) < 4.78 is 5.57. The molecule has 0 saturated carbocycles. The molecule has 2 aromatic rings. The van der Waals surface area contributed by atoms with E-state index in [9.17, 15) is 10.1 Å². The second-order valence-electron chi connectivity index (χ2n) is 3.86. The smallest absolute Gasteiger partial charge is 0.274 e. The molecule has 0 saturated heterocycles. The van der Waals surface area contributed by atoms with Crippen LogP contribution in [-0.4, -0.2) is 4.92 Å². The molecule has 20 heavy (non-hydrogen) atoms. The number of nitro benzene ring substituents is 1. The van der Waals surface area contributed by atoms with Crippen LogP contribution in [0.25, 0.3) is 0 Å². The van der Waals surface area contributed by atoms with Gasteiger partial charge in [-0.3, -0.25) is 10.1 Å². The first kappa shape index (κ1) is 14.9. The van der Waals surface area contributed by atoms with Crippen LogP contribution < -0.4 is 4.74 Å². The zero-order valence-electron chi connectivity index (χ0n) is 9.98. The highest BCUT2D eigenvalue weighted by molar-refractivity contribution is 6.42. The molecule has 0 aliphatic rings. The van der Waals surface area contributed by atoms with Crippen LogP contribution >= 0.6 is 34.8 Å². The van der Waals surface area contributed by atoms with Gasteiger partial charge in [0.15, 0.2) is 0 Å². The molecule has 0 atom stereocenters. The van der Waals surface area contributed by atoms with E-state index >= 15 is 0 Å². The first-order chi connectivity index (χ1) is 9.51. The molecule has 0 aliphatic carbocycles. The van der Waals surface area contributed by atoms with E-state index in [1.807, 2.05) is 0 Å². The topological polar surface area (TPSA) is 52.4 Å². The molecular formula is C13H8Cl3NO3. The average Bonchev–Trinajstić information content (AvgIpc) is 2.42. The minimum atomic E-state index is -0.485. The van der Waals surface area contributed by atoms with E-state index in [0.29, 0.717) is 27.1 Å². The Morgan fingerprint density at radius 2 is 1.70 bits per heavy atom. The summed E-state index contributed by atoms with van der Waals surface area (Å²) in [6, 6.07) is 9.18. The second kappa shape index (κ2) is 6.31. The average molecular weight is 333 g/mol. The van der Waals surface area contributed by atoms with E-state index in [2.05, 4.69) is 0 Å². The molecule has 0 aliphatic heterocycles. The van der Waals surface area contributed by atoms with E-state index in [0.717, 1.165) is 0 Å². The molecule has 0 unspecified atom stereocenters. The van der Waals surface area contributed by atoms with Crippen LogP contribution in [0.1, 0.15) is 5.56 Å². The van der Waals surface area contributed by atoms with Gasteiger partial charge in [0.2, 0.25) is 0 Å². The van der Waals surface area contributed by atoms with Crippen molar-refractivity contribution >= 4 is 40.5 Å². The molecule has 0 heterocycles. The lowest BCUT2D eigenvalue weighted by Gasteiger charge is -2.08. The second-order valence-corrected chi connectivity index (χ2v) is 4.94. The molecule has 0 spiro atoms. The largest absolute Gasteiger partial charge is 0.457 e. The van der Waals surface area contributed by atoms with E-state index < -0.39 is 4.92 Å².